The first-order valence-corrected chi connectivity index (χ1v) is 9.67. The molecule has 1 N–H and O–H groups in total. The topological polar surface area (TPSA) is 67.2 Å². The minimum Gasteiger partial charge on any atom is -0.347 e. The Bertz CT molecular complexity index is 988. The number of benzene rings is 1. The van der Waals surface area contributed by atoms with Crippen LogP contribution >= 0.6 is 11.8 Å². The van der Waals surface area contributed by atoms with Crippen LogP contribution in [-0.4, -0.2) is 28.1 Å². The van der Waals surface area contributed by atoms with Gasteiger partial charge in [-0.3, -0.25) is 14.8 Å². The second-order valence-corrected chi connectivity index (χ2v) is 7.13. The average Bonchev–Trinajstić information content (AvgIpc) is 3.14. The first-order chi connectivity index (χ1) is 13.3. The highest BCUT2D eigenvalue weighted by Crippen LogP contribution is 2.26. The summed E-state index contributed by atoms with van der Waals surface area (Å²) in [6, 6.07) is 15.6. The summed E-state index contributed by atoms with van der Waals surface area (Å²) in [7, 11) is 0. The molecule has 0 spiro atoms. The molecule has 1 aromatic carbocycles. The molecule has 5 nitrogen and oxygen atoms in total. The SMILES string of the molecule is O=C(NCC1=Nc2ccccc2C1)c1cccnc1SCc1ccncc1. The fourth-order valence-electron chi connectivity index (χ4n) is 2.89. The molecule has 0 atom stereocenters. The summed E-state index contributed by atoms with van der Waals surface area (Å²) in [4.78, 5) is 25.7. The Hall–Kier alpha value is -2.99. The van der Waals surface area contributed by atoms with Crippen LogP contribution in [0.3, 0.4) is 0 Å². The zero-order valence-corrected chi connectivity index (χ0v) is 15.4. The first kappa shape index (κ1) is 17.4. The second kappa shape index (κ2) is 8.14. The number of rotatable bonds is 6. The Kier molecular flexibility index (Phi) is 5.25. The summed E-state index contributed by atoms with van der Waals surface area (Å²) in [5.41, 5.74) is 4.91. The van der Waals surface area contributed by atoms with Crippen LogP contribution in [0.4, 0.5) is 5.69 Å². The molecule has 3 heterocycles. The minimum atomic E-state index is -0.126. The molecule has 0 fully saturated rings. The van der Waals surface area contributed by atoms with Crippen LogP contribution in [-0.2, 0) is 12.2 Å². The molecule has 27 heavy (non-hydrogen) atoms. The average molecular weight is 374 g/mol. The molecule has 0 saturated carbocycles. The molecule has 6 heteroatoms. The number of fused-ring (bicyclic) bond motifs is 1. The lowest BCUT2D eigenvalue weighted by Gasteiger charge is -2.09. The maximum absolute atomic E-state index is 12.7. The lowest BCUT2D eigenvalue weighted by molar-refractivity contribution is 0.0955. The van der Waals surface area contributed by atoms with E-state index in [1.165, 1.54) is 5.56 Å². The highest BCUT2D eigenvalue weighted by atomic mass is 32.2. The van der Waals surface area contributed by atoms with Crippen molar-refractivity contribution in [3.05, 3.63) is 83.8 Å². The van der Waals surface area contributed by atoms with Crippen LogP contribution < -0.4 is 5.32 Å². The van der Waals surface area contributed by atoms with Gasteiger partial charge in [-0.2, -0.15) is 0 Å². The summed E-state index contributed by atoms with van der Waals surface area (Å²) in [6.07, 6.45) is 6.03. The normalized spacial score (nSPS) is 12.4. The Balaban J connectivity index is 1.39. The van der Waals surface area contributed by atoms with Gasteiger partial charge < -0.3 is 5.32 Å². The molecular formula is C21H18N4OS. The van der Waals surface area contributed by atoms with E-state index in [2.05, 4.69) is 26.3 Å². The number of carbonyl (C=O) groups is 1. The van der Waals surface area contributed by atoms with Crippen LogP contribution in [0.15, 0.2) is 77.1 Å². The third-order valence-corrected chi connectivity index (χ3v) is 5.33. The molecule has 4 rings (SSSR count). The van der Waals surface area contributed by atoms with E-state index in [1.807, 2.05) is 36.4 Å². The maximum atomic E-state index is 12.7. The molecule has 0 bridgehead atoms. The van der Waals surface area contributed by atoms with E-state index in [1.54, 1.807) is 36.4 Å². The molecule has 0 aliphatic carbocycles. The number of aromatic nitrogens is 2. The highest BCUT2D eigenvalue weighted by molar-refractivity contribution is 7.98. The maximum Gasteiger partial charge on any atom is 0.254 e. The number of hydrogen-bond acceptors (Lipinski definition) is 5. The van der Waals surface area contributed by atoms with Gasteiger partial charge >= 0.3 is 0 Å². The number of nitrogens with one attached hydrogen (secondary N) is 1. The predicted molar refractivity (Wildman–Crippen MR) is 108 cm³/mol. The number of pyridine rings is 2. The van der Waals surface area contributed by atoms with E-state index >= 15 is 0 Å². The third-order valence-electron chi connectivity index (χ3n) is 4.26. The number of aliphatic imine (C=N–C) groups is 1. The van der Waals surface area contributed by atoms with Crippen molar-refractivity contribution >= 4 is 29.1 Å². The zero-order valence-electron chi connectivity index (χ0n) is 14.6. The van der Waals surface area contributed by atoms with Crippen molar-refractivity contribution < 1.29 is 4.79 Å². The van der Waals surface area contributed by atoms with Gasteiger partial charge in [0.25, 0.3) is 5.91 Å². The van der Waals surface area contributed by atoms with Gasteiger partial charge in [0.1, 0.15) is 5.03 Å². The number of nitrogens with zero attached hydrogens (tertiary/aromatic N) is 3. The van der Waals surface area contributed by atoms with Crippen LogP contribution in [0.2, 0.25) is 0 Å². The number of thioether (sulfide) groups is 1. The highest BCUT2D eigenvalue weighted by Gasteiger charge is 2.17. The van der Waals surface area contributed by atoms with Crippen LogP contribution in [0, 0.1) is 0 Å². The third kappa shape index (κ3) is 4.23. The smallest absolute Gasteiger partial charge is 0.254 e. The van der Waals surface area contributed by atoms with Gasteiger partial charge in [-0.05, 0) is 41.5 Å². The molecule has 134 valence electrons. The molecule has 2 aromatic heterocycles. The lowest BCUT2D eigenvalue weighted by Crippen LogP contribution is -2.30. The standard InChI is InChI=1S/C21H18N4OS/c26-20(24-13-17-12-16-4-1-2-6-19(16)25-17)18-5-3-9-23-21(18)27-14-15-7-10-22-11-8-15/h1-11H,12-14H2,(H,24,26). The van der Waals surface area contributed by atoms with E-state index < -0.39 is 0 Å². The Labute approximate surface area is 162 Å². The fraction of sp³-hybridized carbons (Fsp3) is 0.143. The van der Waals surface area contributed by atoms with E-state index in [4.69, 9.17) is 0 Å². The van der Waals surface area contributed by atoms with Crippen molar-refractivity contribution in [2.24, 2.45) is 4.99 Å². The summed E-state index contributed by atoms with van der Waals surface area (Å²) in [5, 5.41) is 3.71. The molecule has 1 amide bonds. The number of para-hydroxylation sites is 1. The Morgan fingerprint density at radius 3 is 2.74 bits per heavy atom. The van der Waals surface area contributed by atoms with E-state index in [0.29, 0.717) is 12.1 Å². The van der Waals surface area contributed by atoms with Crippen LogP contribution in [0.5, 0.6) is 0 Å². The van der Waals surface area contributed by atoms with Crippen molar-refractivity contribution in [3.8, 4) is 0 Å². The molecule has 0 unspecified atom stereocenters. The van der Waals surface area contributed by atoms with Crippen molar-refractivity contribution in [1.82, 2.24) is 15.3 Å². The van der Waals surface area contributed by atoms with Gasteiger partial charge in [-0.15, -0.1) is 11.8 Å². The van der Waals surface area contributed by atoms with Crippen molar-refractivity contribution in [2.45, 2.75) is 17.2 Å². The lowest BCUT2D eigenvalue weighted by atomic mass is 10.1. The fourth-order valence-corrected chi connectivity index (χ4v) is 3.84. The Morgan fingerprint density at radius 1 is 1.04 bits per heavy atom. The van der Waals surface area contributed by atoms with Crippen LogP contribution in [0.1, 0.15) is 21.5 Å². The summed E-state index contributed by atoms with van der Waals surface area (Å²) in [6.45, 7) is 0.441. The molecule has 1 aliphatic rings. The van der Waals surface area contributed by atoms with Crippen molar-refractivity contribution in [3.63, 3.8) is 0 Å². The van der Waals surface area contributed by atoms with Gasteiger partial charge in [-0.25, -0.2) is 4.98 Å². The number of carbonyl (C=O) groups excluding carboxylic acids is 1. The summed E-state index contributed by atoms with van der Waals surface area (Å²) in [5.74, 6) is 0.612. The quantitative estimate of drug-likeness (QED) is 0.666. The second-order valence-electron chi connectivity index (χ2n) is 6.17. The molecule has 1 aliphatic heterocycles. The van der Waals surface area contributed by atoms with Crippen LogP contribution in [0.25, 0.3) is 0 Å². The molecular weight excluding hydrogens is 356 g/mol. The van der Waals surface area contributed by atoms with E-state index in [9.17, 15) is 4.79 Å². The number of amides is 1. The predicted octanol–water partition coefficient (Wildman–Crippen LogP) is 3.83. The van der Waals surface area contributed by atoms with Gasteiger partial charge in [0, 0.05) is 36.5 Å². The number of hydrogen-bond donors (Lipinski definition) is 1. The molecule has 0 saturated heterocycles. The summed E-state index contributed by atoms with van der Waals surface area (Å²) >= 11 is 1.55. The first-order valence-electron chi connectivity index (χ1n) is 8.69. The molecule has 0 radical (unpaired) electrons. The molecule has 3 aromatic rings. The summed E-state index contributed by atoms with van der Waals surface area (Å²) < 4.78 is 0. The van der Waals surface area contributed by atoms with Gasteiger partial charge in [0.15, 0.2) is 0 Å². The Morgan fingerprint density at radius 2 is 1.89 bits per heavy atom. The zero-order chi connectivity index (χ0) is 18.5. The van der Waals surface area contributed by atoms with Gasteiger partial charge in [-0.1, -0.05) is 18.2 Å². The largest absolute Gasteiger partial charge is 0.347 e. The van der Waals surface area contributed by atoms with E-state index in [0.717, 1.165) is 34.2 Å². The van der Waals surface area contributed by atoms with Crippen molar-refractivity contribution in [1.29, 1.82) is 0 Å². The minimum absolute atomic E-state index is 0.126. The monoisotopic (exact) mass is 374 g/mol. The van der Waals surface area contributed by atoms with Gasteiger partial charge in [0.2, 0.25) is 0 Å². The van der Waals surface area contributed by atoms with Gasteiger partial charge in [0.05, 0.1) is 17.8 Å². The van der Waals surface area contributed by atoms with E-state index in [-0.39, 0.29) is 5.91 Å². The van der Waals surface area contributed by atoms with Crippen molar-refractivity contribution in [2.75, 3.05) is 6.54 Å².